The molecule has 0 atom stereocenters. The van der Waals surface area contributed by atoms with Crippen molar-refractivity contribution in [2.75, 3.05) is 62.2 Å². The lowest BCUT2D eigenvalue weighted by molar-refractivity contribution is -0.118. The molecule has 2 saturated heterocycles. The van der Waals surface area contributed by atoms with E-state index in [1.54, 1.807) is 4.90 Å². The molecule has 0 unspecified atom stereocenters. The van der Waals surface area contributed by atoms with E-state index < -0.39 is 18.0 Å². The molecule has 0 radical (unpaired) electrons. The van der Waals surface area contributed by atoms with Gasteiger partial charge in [0.15, 0.2) is 0 Å². The number of halogens is 1. The van der Waals surface area contributed by atoms with Crippen LogP contribution in [-0.4, -0.2) is 84.3 Å². The Hall–Kier alpha value is -4.64. The number of anilines is 2. The van der Waals surface area contributed by atoms with E-state index in [9.17, 15) is 14.0 Å². The first kappa shape index (κ1) is 25.6. The summed E-state index contributed by atoms with van der Waals surface area (Å²) in [6.45, 7) is 4.60. The Morgan fingerprint density at radius 3 is 1.90 bits per heavy atom. The van der Waals surface area contributed by atoms with Crippen LogP contribution in [0.2, 0.25) is 0 Å². The summed E-state index contributed by atoms with van der Waals surface area (Å²) in [6, 6.07) is 23.5. The van der Waals surface area contributed by atoms with Crippen LogP contribution in [0.4, 0.5) is 25.4 Å². The molecule has 4 aromatic rings. The highest BCUT2D eigenvalue weighted by molar-refractivity contribution is 5.94. The molecular formula is C29H29FN6O4. The molecule has 6 rings (SSSR count). The van der Waals surface area contributed by atoms with Crippen LogP contribution in [0.25, 0.3) is 10.9 Å². The minimum atomic E-state index is -0.965. The number of para-hydroxylation sites is 2. The number of hydrogen-bond donors (Lipinski definition) is 0. The van der Waals surface area contributed by atoms with Gasteiger partial charge in [-0.3, -0.25) is 0 Å². The molecule has 206 valence electrons. The van der Waals surface area contributed by atoms with Gasteiger partial charge in [-0.25, -0.2) is 14.0 Å². The largest absolute Gasteiger partial charge is 0.534 e. The third kappa shape index (κ3) is 5.41. The number of piperazine rings is 2. The lowest BCUT2D eigenvalue weighted by Gasteiger charge is -2.35. The number of nitrogens with zero attached hydrogens (tertiary/aromatic N) is 6. The first-order chi connectivity index (χ1) is 19.5. The molecule has 0 aliphatic carbocycles. The molecule has 2 aliphatic rings. The highest BCUT2D eigenvalue weighted by Crippen LogP contribution is 2.27. The smallest absolute Gasteiger partial charge is 0.372 e. The number of benzene rings is 3. The molecule has 3 aromatic carbocycles. The van der Waals surface area contributed by atoms with Gasteiger partial charge in [-0.15, -0.1) is 10.2 Å². The van der Waals surface area contributed by atoms with Crippen LogP contribution in [0.5, 0.6) is 5.88 Å². The van der Waals surface area contributed by atoms with Gasteiger partial charge in [0.25, 0.3) is 5.88 Å². The predicted molar refractivity (Wildman–Crippen MR) is 148 cm³/mol. The van der Waals surface area contributed by atoms with E-state index in [4.69, 9.17) is 9.57 Å². The van der Waals surface area contributed by atoms with Crippen LogP contribution >= 0.6 is 0 Å². The minimum Gasteiger partial charge on any atom is -0.372 e. The minimum absolute atomic E-state index is 0.112. The molecule has 40 heavy (non-hydrogen) atoms. The summed E-state index contributed by atoms with van der Waals surface area (Å²) in [5.74, 6) is -0.639. The van der Waals surface area contributed by atoms with Crippen molar-refractivity contribution in [1.82, 2.24) is 19.7 Å². The zero-order valence-corrected chi connectivity index (χ0v) is 21.9. The van der Waals surface area contributed by atoms with E-state index >= 15 is 0 Å². The number of fused-ring (bicyclic) bond motifs is 1. The number of carbonyl (C=O) groups is 2. The fourth-order valence-electron chi connectivity index (χ4n) is 5.09. The molecule has 0 saturated carbocycles. The van der Waals surface area contributed by atoms with Gasteiger partial charge in [0.05, 0.1) is 24.0 Å². The first-order valence-electron chi connectivity index (χ1n) is 13.3. The highest BCUT2D eigenvalue weighted by Gasteiger charge is 2.28. The topological polar surface area (TPSA) is 83.4 Å². The Morgan fingerprint density at radius 1 is 0.725 bits per heavy atom. The molecular weight excluding hydrogens is 515 g/mol. The molecule has 3 heterocycles. The van der Waals surface area contributed by atoms with E-state index in [1.165, 1.54) is 23.3 Å². The number of hydroxylamine groups is 2. The SMILES string of the molecule is O=C(Oc1nn(C(=O)N2CCN(c3ccccc3)CC2)c2cc(F)ccc12)ON1CCN(c2ccccc2)CC1. The monoisotopic (exact) mass is 544 g/mol. The fourth-order valence-corrected chi connectivity index (χ4v) is 5.09. The quantitative estimate of drug-likeness (QED) is 0.354. The van der Waals surface area contributed by atoms with E-state index in [0.29, 0.717) is 57.7 Å². The van der Waals surface area contributed by atoms with Gasteiger partial charge in [-0.1, -0.05) is 36.4 Å². The molecule has 10 nitrogen and oxygen atoms in total. The van der Waals surface area contributed by atoms with Crippen molar-refractivity contribution in [3.63, 3.8) is 0 Å². The van der Waals surface area contributed by atoms with Crippen molar-refractivity contribution in [3.05, 3.63) is 84.7 Å². The third-order valence-corrected chi connectivity index (χ3v) is 7.21. The van der Waals surface area contributed by atoms with E-state index in [1.807, 2.05) is 60.7 Å². The van der Waals surface area contributed by atoms with Gasteiger partial charge in [-0.2, -0.15) is 4.68 Å². The Bertz CT molecular complexity index is 1480. The maximum Gasteiger partial charge on any atom is 0.534 e. The van der Waals surface area contributed by atoms with Crippen LogP contribution < -0.4 is 14.5 Å². The zero-order valence-electron chi connectivity index (χ0n) is 21.9. The average molecular weight is 545 g/mol. The van der Waals surface area contributed by atoms with Crippen molar-refractivity contribution in [2.24, 2.45) is 0 Å². The first-order valence-corrected chi connectivity index (χ1v) is 13.3. The van der Waals surface area contributed by atoms with Crippen molar-refractivity contribution in [2.45, 2.75) is 0 Å². The number of ether oxygens (including phenoxy) is 1. The molecule has 11 heteroatoms. The fraction of sp³-hybridized carbons (Fsp3) is 0.276. The number of rotatable bonds is 4. The van der Waals surface area contributed by atoms with E-state index in [-0.39, 0.29) is 11.4 Å². The van der Waals surface area contributed by atoms with Gasteiger partial charge < -0.3 is 24.3 Å². The van der Waals surface area contributed by atoms with Crippen molar-refractivity contribution in [3.8, 4) is 5.88 Å². The molecule has 1 amide bonds. The molecule has 2 fully saturated rings. The number of aromatic nitrogens is 2. The van der Waals surface area contributed by atoms with Gasteiger partial charge in [0.1, 0.15) is 5.82 Å². The van der Waals surface area contributed by atoms with Gasteiger partial charge in [-0.05, 0) is 36.4 Å². The van der Waals surface area contributed by atoms with Crippen LogP contribution in [0.15, 0.2) is 78.9 Å². The molecule has 2 aliphatic heterocycles. The standard InChI is InChI=1S/C29H29FN6O4/c30-22-11-12-25-26(21-22)36(28(37)34-15-13-32(14-16-34)23-7-3-1-4-8-23)31-27(25)39-29(38)40-35-19-17-33(18-20-35)24-9-5-2-6-10-24/h1-12,21H,13-20H2. The molecule has 0 N–H and O–H groups in total. The predicted octanol–water partition coefficient (Wildman–Crippen LogP) is 4.22. The summed E-state index contributed by atoms with van der Waals surface area (Å²) < 4.78 is 20.7. The maximum absolute atomic E-state index is 14.2. The van der Waals surface area contributed by atoms with E-state index in [0.717, 1.165) is 16.1 Å². The van der Waals surface area contributed by atoms with Crippen molar-refractivity contribution < 1.29 is 23.6 Å². The van der Waals surface area contributed by atoms with Crippen LogP contribution in [-0.2, 0) is 4.84 Å². The summed E-state index contributed by atoms with van der Waals surface area (Å²) in [5.41, 5.74) is 2.42. The van der Waals surface area contributed by atoms with Crippen LogP contribution in [0.1, 0.15) is 0 Å². The summed E-state index contributed by atoms with van der Waals surface area (Å²) in [4.78, 5) is 37.6. The Kier molecular flexibility index (Phi) is 7.19. The molecule has 0 spiro atoms. The number of hydrogen-bond acceptors (Lipinski definition) is 8. The second-order valence-electron chi connectivity index (χ2n) is 9.67. The van der Waals surface area contributed by atoms with Gasteiger partial charge >= 0.3 is 12.2 Å². The normalized spacial score (nSPS) is 16.3. The summed E-state index contributed by atoms with van der Waals surface area (Å²) in [6.07, 6.45) is -0.965. The second-order valence-corrected chi connectivity index (χ2v) is 9.67. The average Bonchev–Trinajstić information content (AvgIpc) is 3.35. The second kappa shape index (κ2) is 11.2. The van der Waals surface area contributed by atoms with Crippen LogP contribution in [0.3, 0.4) is 0 Å². The molecule has 1 aromatic heterocycles. The Labute approximate surface area is 230 Å². The summed E-state index contributed by atoms with van der Waals surface area (Å²) >= 11 is 0. The van der Waals surface area contributed by atoms with Gasteiger partial charge in [0, 0.05) is 56.7 Å². The van der Waals surface area contributed by atoms with Gasteiger partial charge in [0.2, 0.25) is 0 Å². The number of carbonyl (C=O) groups excluding carboxylic acids is 2. The lowest BCUT2D eigenvalue weighted by Crippen LogP contribution is -2.50. The van der Waals surface area contributed by atoms with Crippen molar-refractivity contribution in [1.29, 1.82) is 0 Å². The maximum atomic E-state index is 14.2. The van der Waals surface area contributed by atoms with Crippen LogP contribution in [0, 0.1) is 5.82 Å². The Morgan fingerprint density at radius 2 is 1.30 bits per heavy atom. The Balaban J connectivity index is 1.11. The van der Waals surface area contributed by atoms with E-state index in [2.05, 4.69) is 14.9 Å². The highest BCUT2D eigenvalue weighted by atomic mass is 19.1. The third-order valence-electron chi connectivity index (χ3n) is 7.21. The van der Waals surface area contributed by atoms with Crippen molar-refractivity contribution >= 4 is 34.5 Å². The molecule has 0 bridgehead atoms. The number of amides is 1. The summed E-state index contributed by atoms with van der Waals surface area (Å²) in [7, 11) is 0. The lowest BCUT2D eigenvalue weighted by atomic mass is 10.2. The zero-order chi connectivity index (χ0) is 27.5. The summed E-state index contributed by atoms with van der Waals surface area (Å²) in [5, 5.41) is 6.14.